The first-order valence-electron chi connectivity index (χ1n) is 6.78. The highest BCUT2D eigenvalue weighted by Gasteiger charge is 2.28. The summed E-state index contributed by atoms with van der Waals surface area (Å²) in [7, 11) is 0. The summed E-state index contributed by atoms with van der Waals surface area (Å²) in [5.74, 6) is -1.02. The summed E-state index contributed by atoms with van der Waals surface area (Å²) in [6.45, 7) is 6.07. The van der Waals surface area contributed by atoms with Crippen molar-refractivity contribution in [1.82, 2.24) is 9.55 Å². The van der Waals surface area contributed by atoms with Crippen molar-refractivity contribution in [3.63, 3.8) is 0 Å². The number of aromatic nitrogens is 2. The van der Waals surface area contributed by atoms with Crippen LogP contribution in [0.25, 0.3) is 10.2 Å². The molecule has 5 nitrogen and oxygen atoms in total. The average molecular weight is 326 g/mol. The molecule has 0 aliphatic rings. The van der Waals surface area contributed by atoms with Crippen LogP contribution in [0.3, 0.4) is 0 Å². The molecule has 0 fully saturated rings. The van der Waals surface area contributed by atoms with Crippen LogP contribution in [0.4, 0.5) is 0 Å². The highest BCUT2D eigenvalue weighted by atomic mass is 32.2. The number of carbonyl (C=O) groups is 1. The minimum Gasteiger partial charge on any atom is -0.481 e. The van der Waals surface area contributed by atoms with Crippen LogP contribution in [0.5, 0.6) is 0 Å². The molecule has 0 amide bonds. The summed E-state index contributed by atoms with van der Waals surface area (Å²) >= 11 is 2.50. The van der Waals surface area contributed by atoms with Gasteiger partial charge >= 0.3 is 5.97 Å². The molecule has 0 bridgehead atoms. The fourth-order valence-electron chi connectivity index (χ4n) is 2.16. The molecular weight excluding hydrogens is 308 g/mol. The molecule has 114 valence electrons. The third-order valence-corrected chi connectivity index (χ3v) is 5.58. The quantitative estimate of drug-likeness (QED) is 0.652. The lowest BCUT2D eigenvalue weighted by Gasteiger charge is -2.31. The smallest absolute Gasteiger partial charge is 0.313 e. The van der Waals surface area contributed by atoms with Crippen molar-refractivity contribution in [2.24, 2.45) is 0 Å². The maximum Gasteiger partial charge on any atom is 0.313 e. The van der Waals surface area contributed by atoms with Crippen LogP contribution < -0.4 is 5.56 Å². The van der Waals surface area contributed by atoms with Gasteiger partial charge in [0.05, 0.1) is 11.1 Å². The normalized spacial score (nSPS) is 12.0. The maximum absolute atomic E-state index is 12.8. The number of aliphatic carboxylic acids is 1. The Morgan fingerprint density at radius 3 is 2.71 bits per heavy atom. The molecule has 21 heavy (non-hydrogen) atoms. The molecule has 0 spiro atoms. The molecule has 7 heteroatoms. The number of thioether (sulfide) groups is 1. The number of carboxylic acid groups (broad SMARTS) is 1. The molecule has 0 atom stereocenters. The lowest BCUT2D eigenvalue weighted by atomic mass is 9.95. The van der Waals surface area contributed by atoms with E-state index in [2.05, 4.69) is 4.98 Å². The molecule has 0 aromatic carbocycles. The van der Waals surface area contributed by atoms with E-state index in [4.69, 9.17) is 5.11 Å². The summed E-state index contributed by atoms with van der Waals surface area (Å²) in [5, 5.41) is 11.8. The molecule has 2 rings (SSSR count). The molecule has 2 aromatic rings. The van der Waals surface area contributed by atoms with Crippen molar-refractivity contribution >= 4 is 39.3 Å². The van der Waals surface area contributed by atoms with E-state index in [1.54, 1.807) is 10.6 Å². The Labute approximate surface area is 131 Å². The van der Waals surface area contributed by atoms with Crippen LogP contribution in [-0.2, 0) is 10.3 Å². The predicted molar refractivity (Wildman–Crippen MR) is 86.5 cm³/mol. The zero-order chi connectivity index (χ0) is 15.6. The van der Waals surface area contributed by atoms with E-state index in [1.807, 2.05) is 26.2 Å². The number of carboxylic acids is 1. The summed E-state index contributed by atoms with van der Waals surface area (Å²) in [6, 6.07) is 1.78. The van der Waals surface area contributed by atoms with Gasteiger partial charge in [-0.05, 0) is 31.2 Å². The van der Waals surface area contributed by atoms with Gasteiger partial charge in [0.2, 0.25) is 0 Å². The van der Waals surface area contributed by atoms with Gasteiger partial charge in [0, 0.05) is 5.54 Å². The molecule has 0 radical (unpaired) electrons. The van der Waals surface area contributed by atoms with E-state index in [0.717, 1.165) is 24.6 Å². The van der Waals surface area contributed by atoms with Crippen LogP contribution in [0.15, 0.2) is 21.4 Å². The van der Waals surface area contributed by atoms with Crippen LogP contribution in [0.1, 0.15) is 33.6 Å². The second kappa shape index (κ2) is 6.19. The molecule has 1 N–H and O–H groups in total. The number of nitrogens with zero attached hydrogens (tertiary/aromatic N) is 2. The van der Waals surface area contributed by atoms with Gasteiger partial charge in [0.15, 0.2) is 5.16 Å². The summed E-state index contributed by atoms with van der Waals surface area (Å²) < 4.78 is 1.68. The fraction of sp³-hybridized carbons (Fsp3) is 0.500. The Hall–Kier alpha value is -1.34. The fourth-order valence-corrected chi connectivity index (χ4v) is 3.81. The molecule has 0 saturated heterocycles. The lowest BCUT2D eigenvalue weighted by Crippen LogP contribution is -2.39. The van der Waals surface area contributed by atoms with Gasteiger partial charge in [-0.1, -0.05) is 25.6 Å². The first-order valence-corrected chi connectivity index (χ1v) is 8.64. The number of hydrogen-bond acceptors (Lipinski definition) is 5. The van der Waals surface area contributed by atoms with Crippen molar-refractivity contribution < 1.29 is 9.90 Å². The van der Waals surface area contributed by atoms with Gasteiger partial charge in [-0.25, -0.2) is 4.98 Å². The first-order chi connectivity index (χ1) is 9.92. The van der Waals surface area contributed by atoms with Crippen LogP contribution in [0, 0.1) is 0 Å². The Bertz CT molecular complexity index is 717. The SMILES string of the molecule is CCC(C)(CC)n1c(SCC(=O)O)nc2sccc2c1=O. The average Bonchev–Trinajstić information content (AvgIpc) is 2.93. The summed E-state index contributed by atoms with van der Waals surface area (Å²) in [4.78, 5) is 28.8. The number of thiophene rings is 1. The maximum atomic E-state index is 12.8. The van der Waals surface area contributed by atoms with E-state index in [-0.39, 0.29) is 16.9 Å². The largest absolute Gasteiger partial charge is 0.481 e. The monoisotopic (exact) mass is 326 g/mol. The highest BCUT2D eigenvalue weighted by Crippen LogP contribution is 2.30. The Kier molecular flexibility index (Phi) is 4.73. The number of hydrogen-bond donors (Lipinski definition) is 1. The minimum absolute atomic E-state index is 0.0830. The van der Waals surface area contributed by atoms with E-state index in [1.165, 1.54) is 11.3 Å². The van der Waals surface area contributed by atoms with Gasteiger partial charge in [-0.3, -0.25) is 14.2 Å². The molecule has 2 heterocycles. The van der Waals surface area contributed by atoms with Crippen LogP contribution >= 0.6 is 23.1 Å². The van der Waals surface area contributed by atoms with E-state index >= 15 is 0 Å². The predicted octanol–water partition coefficient (Wildman–Crippen LogP) is 3.17. The Morgan fingerprint density at radius 2 is 2.14 bits per heavy atom. The van der Waals surface area contributed by atoms with E-state index < -0.39 is 5.97 Å². The second-order valence-electron chi connectivity index (χ2n) is 5.06. The Morgan fingerprint density at radius 1 is 1.48 bits per heavy atom. The van der Waals surface area contributed by atoms with Crippen molar-refractivity contribution in [3.05, 3.63) is 21.8 Å². The van der Waals surface area contributed by atoms with Crippen molar-refractivity contribution in [2.75, 3.05) is 5.75 Å². The summed E-state index contributed by atoms with van der Waals surface area (Å²) in [6.07, 6.45) is 1.56. The standard InChI is InChI=1S/C14H18N2O3S2/c1-4-14(3,5-2)16-12(19)9-6-7-20-11(9)15-13(16)21-8-10(17)18/h6-7H,4-5,8H2,1-3H3,(H,17,18). The Balaban J connectivity index is 2.68. The molecular formula is C14H18N2O3S2. The van der Waals surface area contributed by atoms with E-state index in [0.29, 0.717) is 15.4 Å². The summed E-state index contributed by atoms with van der Waals surface area (Å²) in [5.41, 5.74) is -0.443. The molecule has 0 saturated carbocycles. The van der Waals surface area contributed by atoms with Crippen molar-refractivity contribution in [3.8, 4) is 0 Å². The number of fused-ring (bicyclic) bond motifs is 1. The van der Waals surface area contributed by atoms with Crippen molar-refractivity contribution in [1.29, 1.82) is 0 Å². The molecule has 0 unspecified atom stereocenters. The van der Waals surface area contributed by atoms with Gasteiger partial charge in [-0.2, -0.15) is 0 Å². The topological polar surface area (TPSA) is 72.2 Å². The van der Waals surface area contributed by atoms with Crippen LogP contribution in [-0.4, -0.2) is 26.4 Å². The third kappa shape index (κ3) is 2.98. The zero-order valence-electron chi connectivity index (χ0n) is 12.3. The number of rotatable bonds is 6. The van der Waals surface area contributed by atoms with Gasteiger partial charge in [0.25, 0.3) is 5.56 Å². The third-order valence-electron chi connectivity index (χ3n) is 3.85. The second-order valence-corrected chi connectivity index (χ2v) is 6.90. The zero-order valence-corrected chi connectivity index (χ0v) is 13.9. The molecule has 2 aromatic heterocycles. The van der Waals surface area contributed by atoms with Crippen LogP contribution in [0.2, 0.25) is 0 Å². The minimum atomic E-state index is -0.915. The van der Waals surface area contributed by atoms with Gasteiger partial charge in [-0.15, -0.1) is 11.3 Å². The van der Waals surface area contributed by atoms with Gasteiger partial charge in [0.1, 0.15) is 4.83 Å². The van der Waals surface area contributed by atoms with E-state index in [9.17, 15) is 9.59 Å². The van der Waals surface area contributed by atoms with Gasteiger partial charge < -0.3 is 5.11 Å². The van der Waals surface area contributed by atoms with Crippen molar-refractivity contribution in [2.45, 2.75) is 44.3 Å². The first kappa shape index (κ1) is 16.0. The molecule has 0 aliphatic carbocycles. The lowest BCUT2D eigenvalue weighted by molar-refractivity contribution is -0.133. The highest BCUT2D eigenvalue weighted by molar-refractivity contribution is 7.99. The molecule has 0 aliphatic heterocycles.